The van der Waals surface area contributed by atoms with Crippen molar-refractivity contribution in [3.63, 3.8) is 0 Å². The van der Waals surface area contributed by atoms with E-state index >= 15 is 0 Å². The third-order valence-electron chi connectivity index (χ3n) is 3.72. The summed E-state index contributed by atoms with van der Waals surface area (Å²) in [6.07, 6.45) is 4.33. The summed E-state index contributed by atoms with van der Waals surface area (Å²) < 4.78 is 4.88. The molecule has 20 heavy (non-hydrogen) atoms. The van der Waals surface area contributed by atoms with E-state index in [-0.39, 0.29) is 11.9 Å². The fraction of sp³-hybridized carbons (Fsp3) is 0.250. The fourth-order valence-corrected chi connectivity index (χ4v) is 2.65. The average Bonchev–Trinajstić information content (AvgIpc) is 2.86. The number of fused-ring (bicyclic) bond motifs is 3. The highest BCUT2D eigenvalue weighted by Gasteiger charge is 2.20. The van der Waals surface area contributed by atoms with Crippen molar-refractivity contribution < 1.29 is 9.53 Å². The van der Waals surface area contributed by atoms with Crippen LogP contribution in [-0.4, -0.2) is 23.0 Å². The van der Waals surface area contributed by atoms with E-state index in [0.29, 0.717) is 0 Å². The zero-order valence-corrected chi connectivity index (χ0v) is 11.5. The van der Waals surface area contributed by atoms with Gasteiger partial charge >= 0.3 is 5.97 Å². The number of aromatic nitrogens is 2. The van der Waals surface area contributed by atoms with Gasteiger partial charge < -0.3 is 9.72 Å². The van der Waals surface area contributed by atoms with Gasteiger partial charge in [0, 0.05) is 34.2 Å². The molecule has 4 nitrogen and oxygen atoms in total. The second kappa shape index (κ2) is 4.96. The molecule has 0 aliphatic heterocycles. The Morgan fingerprint density at radius 1 is 1.30 bits per heavy atom. The number of benzene rings is 1. The van der Waals surface area contributed by atoms with Crippen LogP contribution in [0.1, 0.15) is 24.8 Å². The smallest absolute Gasteiger partial charge is 0.313 e. The first-order chi connectivity index (χ1) is 9.74. The number of carbonyl (C=O) groups is 1. The van der Waals surface area contributed by atoms with Crippen LogP contribution in [0.3, 0.4) is 0 Å². The number of hydrogen-bond acceptors (Lipinski definition) is 3. The summed E-state index contributed by atoms with van der Waals surface area (Å²) in [7, 11) is 1.43. The highest BCUT2D eigenvalue weighted by molar-refractivity contribution is 6.07. The van der Waals surface area contributed by atoms with Crippen LogP contribution >= 0.6 is 0 Å². The van der Waals surface area contributed by atoms with Crippen molar-refractivity contribution in [3.8, 4) is 0 Å². The number of hydrogen-bond donors (Lipinski definition) is 1. The summed E-state index contributed by atoms with van der Waals surface area (Å²) >= 11 is 0. The van der Waals surface area contributed by atoms with Crippen LogP contribution < -0.4 is 0 Å². The maximum Gasteiger partial charge on any atom is 0.313 e. The molecule has 0 bridgehead atoms. The van der Waals surface area contributed by atoms with Gasteiger partial charge in [0.2, 0.25) is 0 Å². The SMILES string of the molecule is CCC(C(=O)OC)c1ccc2[nH]c3ccncc3c2c1. The quantitative estimate of drug-likeness (QED) is 0.741. The first kappa shape index (κ1) is 12.7. The highest BCUT2D eigenvalue weighted by Crippen LogP contribution is 2.29. The zero-order chi connectivity index (χ0) is 14.1. The van der Waals surface area contributed by atoms with E-state index in [0.717, 1.165) is 33.8 Å². The van der Waals surface area contributed by atoms with E-state index in [9.17, 15) is 4.79 Å². The van der Waals surface area contributed by atoms with Gasteiger partial charge in [-0.25, -0.2) is 0 Å². The van der Waals surface area contributed by atoms with Gasteiger partial charge in [-0.1, -0.05) is 13.0 Å². The van der Waals surface area contributed by atoms with E-state index in [1.54, 1.807) is 6.20 Å². The number of ether oxygens (including phenoxy) is 1. The van der Waals surface area contributed by atoms with Crippen molar-refractivity contribution in [1.82, 2.24) is 9.97 Å². The Morgan fingerprint density at radius 2 is 2.10 bits per heavy atom. The summed E-state index contributed by atoms with van der Waals surface area (Å²) in [4.78, 5) is 19.4. The number of aromatic amines is 1. The molecule has 0 spiro atoms. The molecule has 102 valence electrons. The first-order valence-corrected chi connectivity index (χ1v) is 6.67. The molecule has 0 aliphatic rings. The van der Waals surface area contributed by atoms with Gasteiger partial charge in [0.15, 0.2) is 0 Å². The summed E-state index contributed by atoms with van der Waals surface area (Å²) in [5.41, 5.74) is 3.09. The van der Waals surface area contributed by atoms with Crippen LogP contribution in [0.4, 0.5) is 0 Å². The molecular weight excluding hydrogens is 252 g/mol. The third kappa shape index (κ3) is 1.93. The summed E-state index contributed by atoms with van der Waals surface area (Å²) in [6, 6.07) is 8.00. The first-order valence-electron chi connectivity index (χ1n) is 6.67. The Balaban J connectivity index is 2.18. The Bertz CT molecular complexity index is 776. The monoisotopic (exact) mass is 268 g/mol. The molecule has 0 saturated heterocycles. The Hall–Kier alpha value is -2.36. The van der Waals surface area contributed by atoms with Crippen molar-refractivity contribution in [3.05, 3.63) is 42.2 Å². The number of nitrogens with one attached hydrogen (secondary N) is 1. The summed E-state index contributed by atoms with van der Waals surface area (Å²) in [6.45, 7) is 1.99. The number of pyridine rings is 1. The van der Waals surface area contributed by atoms with Crippen molar-refractivity contribution in [2.75, 3.05) is 7.11 Å². The van der Waals surface area contributed by atoms with Gasteiger partial charge in [-0.05, 0) is 30.2 Å². The van der Waals surface area contributed by atoms with Crippen molar-refractivity contribution in [2.45, 2.75) is 19.3 Å². The van der Waals surface area contributed by atoms with Crippen molar-refractivity contribution in [2.24, 2.45) is 0 Å². The molecule has 1 atom stereocenters. The molecule has 2 heterocycles. The molecule has 2 aromatic heterocycles. The predicted molar refractivity (Wildman–Crippen MR) is 78.6 cm³/mol. The molecule has 0 fully saturated rings. The standard InChI is InChI=1S/C16H16N2O2/c1-3-11(16(19)20-2)10-4-5-14-12(8-10)13-9-17-7-6-15(13)18-14/h4-9,11,18H,3H2,1-2H3. The number of carbonyl (C=O) groups excluding carboxylic acids is 1. The molecular formula is C16H16N2O2. The third-order valence-corrected chi connectivity index (χ3v) is 3.72. The number of H-pyrrole nitrogens is 1. The van der Waals surface area contributed by atoms with Gasteiger partial charge in [0.1, 0.15) is 0 Å². The molecule has 4 heteroatoms. The highest BCUT2D eigenvalue weighted by atomic mass is 16.5. The molecule has 0 radical (unpaired) electrons. The Kier molecular flexibility index (Phi) is 3.14. The second-order valence-corrected chi connectivity index (χ2v) is 4.84. The van der Waals surface area contributed by atoms with Crippen LogP contribution in [0.5, 0.6) is 0 Å². The van der Waals surface area contributed by atoms with Crippen LogP contribution in [0.15, 0.2) is 36.7 Å². The van der Waals surface area contributed by atoms with Gasteiger partial charge in [-0.3, -0.25) is 9.78 Å². The number of esters is 1. The lowest BCUT2D eigenvalue weighted by Gasteiger charge is -2.12. The van der Waals surface area contributed by atoms with E-state index in [2.05, 4.69) is 16.0 Å². The second-order valence-electron chi connectivity index (χ2n) is 4.84. The van der Waals surface area contributed by atoms with Crippen molar-refractivity contribution in [1.29, 1.82) is 0 Å². The Morgan fingerprint density at radius 3 is 2.85 bits per heavy atom. The molecule has 3 aromatic rings. The lowest BCUT2D eigenvalue weighted by molar-refractivity contribution is -0.142. The van der Waals surface area contributed by atoms with Gasteiger partial charge in [-0.15, -0.1) is 0 Å². The van der Waals surface area contributed by atoms with Gasteiger partial charge in [0.25, 0.3) is 0 Å². The molecule has 1 aromatic carbocycles. The molecule has 1 unspecified atom stereocenters. The van der Waals surface area contributed by atoms with E-state index in [1.165, 1.54) is 7.11 Å². The van der Waals surface area contributed by atoms with E-state index in [4.69, 9.17) is 4.74 Å². The minimum atomic E-state index is -0.217. The maximum atomic E-state index is 11.8. The zero-order valence-electron chi connectivity index (χ0n) is 11.5. The number of rotatable bonds is 3. The number of nitrogens with zero attached hydrogens (tertiary/aromatic N) is 1. The lowest BCUT2D eigenvalue weighted by Crippen LogP contribution is -2.13. The van der Waals surface area contributed by atoms with Gasteiger partial charge in [-0.2, -0.15) is 0 Å². The summed E-state index contributed by atoms with van der Waals surface area (Å²) in [5, 5.41) is 2.16. The van der Waals surface area contributed by atoms with Crippen molar-refractivity contribution >= 4 is 27.8 Å². The Labute approximate surface area is 116 Å². The molecule has 0 aliphatic carbocycles. The molecule has 3 rings (SSSR count). The number of methoxy groups -OCH3 is 1. The lowest BCUT2D eigenvalue weighted by atomic mass is 9.95. The topological polar surface area (TPSA) is 55.0 Å². The average molecular weight is 268 g/mol. The summed E-state index contributed by atoms with van der Waals surface area (Å²) in [5.74, 6) is -0.407. The van der Waals surface area contributed by atoms with E-state index < -0.39 is 0 Å². The molecule has 0 amide bonds. The molecule has 0 saturated carbocycles. The normalized spacial score (nSPS) is 12.7. The van der Waals surface area contributed by atoms with Crippen LogP contribution in [0.2, 0.25) is 0 Å². The largest absolute Gasteiger partial charge is 0.469 e. The maximum absolute atomic E-state index is 11.8. The van der Waals surface area contributed by atoms with Crippen LogP contribution in [-0.2, 0) is 9.53 Å². The van der Waals surface area contributed by atoms with Crippen LogP contribution in [0.25, 0.3) is 21.8 Å². The predicted octanol–water partition coefficient (Wildman–Crippen LogP) is 3.38. The fourth-order valence-electron chi connectivity index (χ4n) is 2.65. The van der Waals surface area contributed by atoms with Crippen LogP contribution in [0, 0.1) is 0 Å². The minimum absolute atomic E-state index is 0.190. The van der Waals surface area contributed by atoms with Gasteiger partial charge in [0.05, 0.1) is 13.0 Å². The minimum Gasteiger partial charge on any atom is -0.469 e. The molecule has 1 N–H and O–H groups in total. The van der Waals surface area contributed by atoms with E-state index in [1.807, 2.05) is 31.3 Å².